The molecule has 510 valence electrons. The molecule has 23 aromatic rings. The van der Waals surface area contributed by atoms with E-state index in [1.54, 1.807) is 0 Å². The van der Waals surface area contributed by atoms with Crippen LogP contribution in [0.5, 0.6) is 0 Å². The van der Waals surface area contributed by atoms with Gasteiger partial charge in [-0.15, -0.1) is 11.3 Å². The Labute approximate surface area is 632 Å². The summed E-state index contributed by atoms with van der Waals surface area (Å²) in [6, 6.07) is 122. The van der Waals surface area contributed by atoms with Gasteiger partial charge in [0.15, 0.2) is 17.5 Å². The summed E-state index contributed by atoms with van der Waals surface area (Å²) < 4.78 is 24.4. The van der Waals surface area contributed by atoms with Crippen molar-refractivity contribution in [1.29, 1.82) is 0 Å². The first-order valence-corrected chi connectivity index (χ1v) is 37.7. The predicted molar refractivity (Wildman–Crippen MR) is 455 cm³/mol. The smallest absolute Gasteiger partial charge is 0.213 e. The van der Waals surface area contributed by atoms with Crippen molar-refractivity contribution in [1.82, 2.24) is 28.7 Å². The third-order valence-electron chi connectivity index (χ3n) is 22.3. The number of para-hydroxylation sites is 1. The van der Waals surface area contributed by atoms with E-state index in [1.807, 2.05) is 72.0 Å². The predicted octanol–water partition coefficient (Wildman–Crippen LogP) is 27.5. The topological polar surface area (TPSA) is 84.1 Å². The van der Waals surface area contributed by atoms with Crippen molar-refractivity contribution in [3.05, 3.63) is 357 Å². The maximum Gasteiger partial charge on any atom is 0.213 e. The van der Waals surface area contributed by atoms with Crippen LogP contribution in [0.4, 0.5) is 5.69 Å². The van der Waals surface area contributed by atoms with Crippen molar-refractivity contribution in [3.8, 4) is 95.7 Å². The number of benzene rings is 16. The van der Waals surface area contributed by atoms with E-state index in [-0.39, 0.29) is 0 Å². The van der Waals surface area contributed by atoms with E-state index in [0.29, 0.717) is 34.4 Å². The molecule has 0 aliphatic heterocycles. The van der Waals surface area contributed by atoms with Gasteiger partial charge < -0.3 is 22.5 Å². The van der Waals surface area contributed by atoms with Crippen molar-refractivity contribution < 1.29 is 8.83 Å². The zero-order valence-electron chi connectivity index (χ0n) is 58.8. The first-order valence-electron chi connectivity index (χ1n) is 36.9. The maximum absolute atomic E-state index is 10.1. The summed E-state index contributed by atoms with van der Waals surface area (Å²) >= 11 is 1.82. The molecule has 0 radical (unpaired) electrons. The van der Waals surface area contributed by atoms with Crippen molar-refractivity contribution in [2.45, 2.75) is 0 Å². The molecule has 0 saturated heterocycles. The molecule has 10 heteroatoms. The lowest BCUT2D eigenvalue weighted by atomic mass is 10.0. The number of nitrogens with zero attached hydrogens (tertiary/aromatic N) is 7. The Morgan fingerprint density at radius 3 is 1.13 bits per heavy atom. The number of aromatic nitrogens is 6. The number of hydrogen-bond acceptors (Lipinski definition) is 6. The molecule has 23 rings (SSSR count). The molecule has 16 aromatic carbocycles. The van der Waals surface area contributed by atoms with Crippen molar-refractivity contribution in [2.75, 3.05) is 0 Å². The summed E-state index contributed by atoms with van der Waals surface area (Å²) in [7, 11) is 0. The van der Waals surface area contributed by atoms with E-state index in [4.69, 9.17) is 28.6 Å². The summed E-state index contributed by atoms with van der Waals surface area (Å²) in [6.45, 7) is 10.1. The van der Waals surface area contributed by atoms with Crippen LogP contribution in [-0.2, 0) is 0 Å². The van der Waals surface area contributed by atoms with Crippen LogP contribution in [0, 0.1) is 6.57 Å². The molecule has 7 heterocycles. The Morgan fingerprint density at radius 2 is 0.636 bits per heavy atom. The summed E-state index contributed by atoms with van der Waals surface area (Å²) in [5.74, 6) is 1.34. The van der Waals surface area contributed by atoms with Crippen molar-refractivity contribution in [3.63, 3.8) is 0 Å². The van der Waals surface area contributed by atoms with Gasteiger partial charge in [-0.3, -0.25) is 0 Å². The summed E-state index contributed by atoms with van der Waals surface area (Å²) in [6.07, 6.45) is 0. The van der Waals surface area contributed by atoms with Crippen molar-refractivity contribution in [2.24, 2.45) is 0 Å². The van der Waals surface area contributed by atoms with Crippen LogP contribution in [0.3, 0.4) is 0 Å². The van der Waals surface area contributed by atoms with Gasteiger partial charge in [-0.25, -0.2) is 19.8 Å². The molecule has 0 aliphatic carbocycles. The van der Waals surface area contributed by atoms with Gasteiger partial charge in [-0.05, 0) is 142 Å². The summed E-state index contributed by atoms with van der Waals surface area (Å²) in [5.41, 5.74) is 21.8. The zero-order chi connectivity index (χ0) is 72.2. The van der Waals surface area contributed by atoms with Gasteiger partial charge >= 0.3 is 0 Å². The van der Waals surface area contributed by atoms with Crippen LogP contribution in [0.15, 0.2) is 355 Å². The molecule has 0 spiro atoms. The molecular weight excluding hydrogens is 1360 g/mol. The number of fused-ring (bicyclic) bond motifs is 21. The lowest BCUT2D eigenvalue weighted by Crippen LogP contribution is -2.12. The number of thiophene rings is 1. The Morgan fingerprint density at radius 1 is 0.264 bits per heavy atom. The standard InChI is InChI=1S/C100H57N7O2S/c1-101-79-58-78(100-103-98(63-32-16-6-17-33-63)102-99(104-100)64-34-18-7-19-35-64)92(105-81-47-40-65(59-24-8-2-9-25-59)56-76(81)89-83(105)49-44-70-74-54-67(61-28-12-4-13-29-61)42-52-86(74)108-95(70)89)94(107-80-38-22-20-37-73(80)91-85(107)51-46-72-69-36-21-23-39-88(69)110-97(72)91)93(79)106-82-48-41-66(60-26-10-3-11-27-60)57-77(82)90-84(106)50-45-71-75-55-68(62-30-14-5-15-31-62)43-53-87(75)109-96(71)90/h2-58H. The second-order valence-electron chi connectivity index (χ2n) is 28.3. The summed E-state index contributed by atoms with van der Waals surface area (Å²) in [4.78, 5) is 21.7. The molecule has 0 amide bonds. The zero-order valence-corrected chi connectivity index (χ0v) is 59.6. The van der Waals surface area contributed by atoms with Crippen LogP contribution in [-0.4, -0.2) is 28.7 Å². The highest BCUT2D eigenvalue weighted by molar-refractivity contribution is 7.26. The Kier molecular flexibility index (Phi) is 13.5. The lowest BCUT2D eigenvalue weighted by molar-refractivity contribution is 0.672. The van der Waals surface area contributed by atoms with E-state index in [0.717, 1.165) is 176 Å². The molecule has 7 aromatic heterocycles. The molecular formula is C100H57N7O2S. The quantitative estimate of drug-likeness (QED) is 0.127. The average Bonchev–Trinajstić information content (AvgIpc) is 1.52. The minimum absolute atomic E-state index is 0.361. The average molecular weight is 1420 g/mol. The lowest BCUT2D eigenvalue weighted by Gasteiger charge is -2.26. The third-order valence-corrected chi connectivity index (χ3v) is 23.5. The highest BCUT2D eigenvalue weighted by atomic mass is 32.1. The molecule has 0 atom stereocenters. The minimum Gasteiger partial charge on any atom is -0.455 e. The number of hydrogen-bond donors (Lipinski definition) is 0. The van der Waals surface area contributed by atoms with Crippen LogP contribution < -0.4 is 0 Å². The fourth-order valence-electron chi connectivity index (χ4n) is 17.4. The van der Waals surface area contributed by atoms with E-state index >= 15 is 0 Å². The molecule has 0 fully saturated rings. The first kappa shape index (κ1) is 61.5. The van der Waals surface area contributed by atoms with E-state index in [1.165, 1.54) is 20.2 Å². The van der Waals surface area contributed by atoms with Gasteiger partial charge in [0.05, 0.1) is 67.5 Å². The van der Waals surface area contributed by atoms with Crippen LogP contribution in [0.2, 0.25) is 0 Å². The normalized spacial score (nSPS) is 12.0. The van der Waals surface area contributed by atoms with Crippen LogP contribution in [0.25, 0.3) is 230 Å². The summed E-state index contributed by atoms with van der Waals surface area (Å²) in [5, 5.41) is 12.3. The molecule has 0 saturated carbocycles. The first-order chi connectivity index (χ1) is 54.5. The van der Waals surface area contributed by atoms with Gasteiger partial charge in [0.1, 0.15) is 22.3 Å². The molecule has 0 unspecified atom stereocenters. The molecule has 110 heavy (non-hydrogen) atoms. The second-order valence-corrected chi connectivity index (χ2v) is 29.4. The van der Waals surface area contributed by atoms with Gasteiger partial charge in [0.25, 0.3) is 0 Å². The van der Waals surface area contributed by atoms with Crippen LogP contribution >= 0.6 is 11.3 Å². The highest BCUT2D eigenvalue weighted by Crippen LogP contribution is 2.54. The SMILES string of the molecule is [C-]#[N+]c1cc(-c2nc(-c3ccccc3)nc(-c3ccccc3)n2)c(-n2c3ccc(-c4ccccc4)cc3c3c4oc5ccc(-c6ccccc6)cc5c4ccc32)c(-n2c3ccccc3c3c4sc5ccccc5c4ccc32)c1-n1c2ccc(-c3ccccc3)cc2c2c3oc4ccc(-c5ccccc5)cc4c3ccc21. The van der Waals surface area contributed by atoms with Crippen molar-refractivity contribution >= 4 is 146 Å². The second kappa shape index (κ2) is 24.1. The Hall–Kier alpha value is -14.8. The fourth-order valence-corrected chi connectivity index (χ4v) is 18.6. The van der Waals surface area contributed by atoms with Gasteiger partial charge in [-0.1, -0.05) is 249 Å². The number of rotatable bonds is 10. The largest absolute Gasteiger partial charge is 0.455 e. The Balaban J connectivity index is 0.945. The third kappa shape index (κ3) is 9.29. The van der Waals surface area contributed by atoms with Crippen LogP contribution in [0.1, 0.15) is 0 Å². The van der Waals surface area contributed by atoms with Gasteiger partial charge in [0.2, 0.25) is 5.69 Å². The van der Waals surface area contributed by atoms with Gasteiger partial charge in [-0.2, -0.15) is 0 Å². The van der Waals surface area contributed by atoms with E-state index in [2.05, 4.69) is 299 Å². The highest BCUT2D eigenvalue weighted by Gasteiger charge is 2.34. The molecule has 0 N–H and O–H groups in total. The maximum atomic E-state index is 10.1. The molecule has 0 bridgehead atoms. The van der Waals surface area contributed by atoms with E-state index in [9.17, 15) is 6.57 Å². The monoisotopic (exact) mass is 1420 g/mol. The fraction of sp³-hybridized carbons (Fsp3) is 0. The molecule has 9 nitrogen and oxygen atoms in total. The van der Waals surface area contributed by atoms with Gasteiger partial charge in [0, 0.05) is 80.0 Å². The molecule has 0 aliphatic rings. The van der Waals surface area contributed by atoms with E-state index < -0.39 is 0 Å². The minimum atomic E-state index is 0.361. The number of furan rings is 2. The Bertz CT molecular complexity index is 7760.